The lowest BCUT2D eigenvalue weighted by Gasteiger charge is -2.13. The number of phenolic OH excluding ortho intramolecular Hbond substituents is 1. The molecular weight excluding hydrogens is 554 g/mol. The number of nitro benzene ring substituents is 1. The highest BCUT2D eigenvalue weighted by atomic mass is 35.5. The highest BCUT2D eigenvalue weighted by Crippen LogP contribution is 2.39. The van der Waals surface area contributed by atoms with E-state index in [4.69, 9.17) is 21.1 Å². The fourth-order valence-corrected chi connectivity index (χ4v) is 4.41. The molecule has 0 radical (unpaired) electrons. The highest BCUT2D eigenvalue weighted by Gasteiger charge is 2.36. The maximum absolute atomic E-state index is 12.9. The number of unbranched alkanes of at least 4 members (excludes halogenated alkanes) is 1. The van der Waals surface area contributed by atoms with Crippen LogP contribution in [0, 0.1) is 10.1 Å². The number of amides is 3. The summed E-state index contributed by atoms with van der Waals surface area (Å²) in [5.74, 6) is -2.98. The van der Waals surface area contributed by atoms with Gasteiger partial charge in [-0.25, -0.2) is 4.79 Å². The van der Waals surface area contributed by atoms with Crippen molar-refractivity contribution < 1.29 is 38.7 Å². The van der Waals surface area contributed by atoms with Gasteiger partial charge in [0, 0.05) is 11.8 Å². The molecule has 14 heteroatoms. The van der Waals surface area contributed by atoms with Crippen molar-refractivity contribution in [3.63, 3.8) is 0 Å². The normalized spacial score (nSPS) is 14.0. The minimum absolute atomic E-state index is 0.0501. The fraction of sp³-hybridized carbons (Fsp3) is 0.280. The lowest BCUT2D eigenvalue weighted by Crippen LogP contribution is -2.36. The summed E-state index contributed by atoms with van der Waals surface area (Å²) in [5, 5.41) is 23.3. The first kappa shape index (κ1) is 29.5. The lowest BCUT2D eigenvalue weighted by molar-refractivity contribution is -0.386. The lowest BCUT2D eigenvalue weighted by atomic mass is 10.1. The van der Waals surface area contributed by atoms with Gasteiger partial charge in [-0.3, -0.25) is 29.4 Å². The quantitative estimate of drug-likeness (QED) is 0.122. The summed E-state index contributed by atoms with van der Waals surface area (Å²) in [4.78, 5) is 61.4. The Morgan fingerprint density at radius 2 is 1.97 bits per heavy atom. The van der Waals surface area contributed by atoms with Gasteiger partial charge in [-0.1, -0.05) is 24.9 Å². The SMILES string of the molecule is CCCCOC(=O)c1cc(NC(=O)CN2C(=O)S/C(=C\c3cc(OCC)c(O)c([N+](=O)[O-])c3)C2=O)ccc1Cl. The molecule has 0 aliphatic carbocycles. The number of imide groups is 1. The van der Waals surface area contributed by atoms with Crippen LogP contribution in [-0.4, -0.2) is 57.7 Å². The van der Waals surface area contributed by atoms with Crippen LogP contribution in [0.5, 0.6) is 11.5 Å². The number of nitrogens with one attached hydrogen (secondary N) is 1. The van der Waals surface area contributed by atoms with Gasteiger partial charge in [0.05, 0.1) is 33.6 Å². The maximum Gasteiger partial charge on any atom is 0.339 e. The van der Waals surface area contributed by atoms with Crippen molar-refractivity contribution >= 4 is 63.8 Å². The Balaban J connectivity index is 1.74. The second-order valence-corrected chi connectivity index (χ2v) is 9.48. The van der Waals surface area contributed by atoms with Gasteiger partial charge in [-0.05, 0) is 61.0 Å². The zero-order valence-corrected chi connectivity index (χ0v) is 22.5. The Morgan fingerprint density at radius 3 is 2.64 bits per heavy atom. The summed E-state index contributed by atoms with van der Waals surface area (Å²) in [6.45, 7) is 3.29. The molecule has 0 spiro atoms. The minimum atomic E-state index is -0.807. The average Bonchev–Trinajstić information content (AvgIpc) is 3.14. The third-order valence-electron chi connectivity index (χ3n) is 5.25. The van der Waals surface area contributed by atoms with Crippen molar-refractivity contribution in [3.8, 4) is 11.5 Å². The molecule has 1 aliphatic heterocycles. The van der Waals surface area contributed by atoms with Gasteiger partial charge in [-0.15, -0.1) is 0 Å². The van der Waals surface area contributed by atoms with Crippen molar-refractivity contribution in [2.45, 2.75) is 26.7 Å². The van der Waals surface area contributed by atoms with Gasteiger partial charge < -0.3 is 19.9 Å². The van der Waals surface area contributed by atoms with Crippen molar-refractivity contribution in [1.29, 1.82) is 0 Å². The monoisotopic (exact) mass is 577 g/mol. The van der Waals surface area contributed by atoms with Crippen LogP contribution >= 0.6 is 23.4 Å². The zero-order chi connectivity index (χ0) is 28.7. The van der Waals surface area contributed by atoms with E-state index in [2.05, 4.69) is 5.32 Å². The molecule has 206 valence electrons. The Hall–Kier alpha value is -4.10. The van der Waals surface area contributed by atoms with Crippen LogP contribution in [0.15, 0.2) is 35.2 Å². The summed E-state index contributed by atoms with van der Waals surface area (Å²) >= 11 is 6.63. The number of rotatable bonds is 11. The third-order valence-corrected chi connectivity index (χ3v) is 6.48. The predicted octanol–water partition coefficient (Wildman–Crippen LogP) is 4.98. The van der Waals surface area contributed by atoms with Crippen molar-refractivity contribution in [2.24, 2.45) is 0 Å². The Bertz CT molecular complexity index is 1360. The first-order valence-corrected chi connectivity index (χ1v) is 12.9. The fourth-order valence-electron chi connectivity index (χ4n) is 3.38. The molecule has 0 atom stereocenters. The number of carbonyl (C=O) groups is 4. The molecule has 39 heavy (non-hydrogen) atoms. The van der Waals surface area contributed by atoms with Crippen molar-refractivity contribution in [3.05, 3.63) is 61.5 Å². The number of aromatic hydroxyl groups is 1. The molecule has 1 saturated heterocycles. The Morgan fingerprint density at radius 1 is 1.23 bits per heavy atom. The molecule has 1 heterocycles. The smallest absolute Gasteiger partial charge is 0.339 e. The molecule has 0 aromatic heterocycles. The highest BCUT2D eigenvalue weighted by molar-refractivity contribution is 8.18. The van der Waals surface area contributed by atoms with Crippen LogP contribution in [0.1, 0.15) is 42.6 Å². The van der Waals surface area contributed by atoms with Crippen LogP contribution < -0.4 is 10.1 Å². The summed E-state index contributed by atoms with van der Waals surface area (Å²) in [6.07, 6.45) is 2.75. The zero-order valence-electron chi connectivity index (χ0n) is 20.9. The standard InChI is InChI=1S/C25H24ClN3O9S/c1-3-5-8-38-24(33)16-12-15(6-7-17(16)26)27-21(30)13-28-23(32)20(39-25(28)34)11-14-9-18(29(35)36)22(31)19(10-14)37-4-2/h6-7,9-12,31H,3-5,8,13H2,1-2H3,(H,27,30)/b20-11-. The number of carbonyl (C=O) groups excluding carboxylic acids is 4. The summed E-state index contributed by atoms with van der Waals surface area (Å²) < 4.78 is 10.4. The number of thioether (sulfide) groups is 1. The van der Waals surface area contributed by atoms with Crippen LogP contribution in [-0.2, 0) is 14.3 Å². The number of phenols is 1. The van der Waals surface area contributed by atoms with E-state index in [0.717, 1.165) is 12.5 Å². The number of halogens is 1. The van der Waals surface area contributed by atoms with Gasteiger partial charge in [0.2, 0.25) is 11.7 Å². The number of nitrogens with zero attached hydrogens (tertiary/aromatic N) is 2. The van der Waals surface area contributed by atoms with Gasteiger partial charge in [-0.2, -0.15) is 0 Å². The predicted molar refractivity (Wildman–Crippen MR) is 144 cm³/mol. The van der Waals surface area contributed by atoms with Crippen LogP contribution in [0.4, 0.5) is 16.2 Å². The van der Waals surface area contributed by atoms with E-state index < -0.39 is 45.9 Å². The molecule has 0 unspecified atom stereocenters. The largest absolute Gasteiger partial charge is 0.500 e. The number of esters is 1. The van der Waals surface area contributed by atoms with Crippen LogP contribution in [0.2, 0.25) is 5.02 Å². The number of hydrogen-bond donors (Lipinski definition) is 2. The summed E-state index contributed by atoms with van der Waals surface area (Å²) in [5.41, 5.74) is -0.247. The summed E-state index contributed by atoms with van der Waals surface area (Å²) in [7, 11) is 0. The Kier molecular flexibility index (Phi) is 9.90. The molecule has 1 fully saturated rings. The van der Waals surface area contributed by atoms with Crippen molar-refractivity contribution in [2.75, 3.05) is 25.1 Å². The first-order chi connectivity index (χ1) is 18.5. The number of benzene rings is 2. The van der Waals surface area contributed by atoms with Crippen molar-refractivity contribution in [1.82, 2.24) is 4.90 Å². The first-order valence-electron chi connectivity index (χ1n) is 11.7. The van der Waals surface area contributed by atoms with E-state index in [9.17, 15) is 34.4 Å². The van der Waals surface area contributed by atoms with Gasteiger partial charge in [0.25, 0.3) is 11.1 Å². The van der Waals surface area contributed by atoms with Crippen LogP contribution in [0.3, 0.4) is 0 Å². The molecule has 0 bridgehead atoms. The molecule has 12 nitrogen and oxygen atoms in total. The number of nitro groups is 1. The van der Waals surface area contributed by atoms with E-state index in [1.807, 2.05) is 6.92 Å². The molecule has 0 saturated carbocycles. The van der Waals surface area contributed by atoms with Gasteiger partial charge >= 0.3 is 11.7 Å². The van der Waals surface area contributed by atoms with Crippen LogP contribution in [0.25, 0.3) is 6.08 Å². The second kappa shape index (κ2) is 13.1. The average molecular weight is 578 g/mol. The molecule has 3 rings (SSSR count). The minimum Gasteiger partial charge on any atom is -0.500 e. The number of hydrogen-bond acceptors (Lipinski definition) is 10. The molecule has 2 aromatic carbocycles. The van der Waals surface area contributed by atoms with E-state index in [1.165, 1.54) is 30.3 Å². The molecular formula is C25H24ClN3O9S. The van der Waals surface area contributed by atoms with E-state index in [-0.39, 0.29) is 45.7 Å². The molecule has 2 N–H and O–H groups in total. The number of ether oxygens (including phenoxy) is 2. The van der Waals surface area contributed by atoms with E-state index in [0.29, 0.717) is 23.1 Å². The molecule has 2 aromatic rings. The molecule has 3 amide bonds. The second-order valence-electron chi connectivity index (χ2n) is 8.08. The van der Waals surface area contributed by atoms with E-state index >= 15 is 0 Å². The Labute approximate surface area is 232 Å². The van der Waals surface area contributed by atoms with Gasteiger partial charge in [0.15, 0.2) is 5.75 Å². The number of anilines is 1. The maximum atomic E-state index is 12.9. The third kappa shape index (κ3) is 7.27. The summed E-state index contributed by atoms with van der Waals surface area (Å²) in [6, 6.07) is 6.51. The molecule has 1 aliphatic rings. The van der Waals surface area contributed by atoms with Gasteiger partial charge in [0.1, 0.15) is 6.54 Å². The van der Waals surface area contributed by atoms with E-state index in [1.54, 1.807) is 6.92 Å². The topological polar surface area (TPSA) is 165 Å².